The molecule has 25 heavy (non-hydrogen) atoms. The van der Waals surface area contributed by atoms with Crippen LogP contribution in [0.1, 0.15) is 31.7 Å². The summed E-state index contributed by atoms with van der Waals surface area (Å²) in [5.74, 6) is -1.90. The van der Waals surface area contributed by atoms with E-state index in [1.807, 2.05) is 11.9 Å². The summed E-state index contributed by atoms with van der Waals surface area (Å²) in [6, 6.07) is 5.26. The molecular formula is C16H17FN4O4. The molecule has 0 unspecified atom stereocenters. The molecule has 0 saturated carbocycles. The Balaban J connectivity index is 2.39. The van der Waals surface area contributed by atoms with Crippen LogP contribution in [0.15, 0.2) is 39.0 Å². The van der Waals surface area contributed by atoms with Gasteiger partial charge in [-0.2, -0.15) is 5.10 Å². The Hall–Kier alpha value is -3.23. The van der Waals surface area contributed by atoms with Gasteiger partial charge in [-0.1, -0.05) is 25.5 Å². The number of rotatable bonds is 6. The topological polar surface area (TPSA) is 117 Å². The van der Waals surface area contributed by atoms with Crippen molar-refractivity contribution in [3.63, 3.8) is 0 Å². The number of unbranched alkanes of at least 4 members (excludes halogenated alkanes) is 1. The molecule has 1 amide bonds. The van der Waals surface area contributed by atoms with Crippen molar-refractivity contribution < 1.29 is 14.3 Å². The minimum atomic E-state index is -1.00. The molecule has 0 aliphatic heterocycles. The normalized spacial score (nSPS) is 11.0. The van der Waals surface area contributed by atoms with Crippen molar-refractivity contribution in [1.82, 2.24) is 15.0 Å². The Labute approximate surface area is 141 Å². The molecule has 3 N–H and O–H groups in total. The van der Waals surface area contributed by atoms with Crippen LogP contribution in [0.4, 0.5) is 4.39 Å². The van der Waals surface area contributed by atoms with E-state index in [2.05, 4.69) is 10.5 Å². The predicted molar refractivity (Wildman–Crippen MR) is 89.5 cm³/mol. The lowest BCUT2D eigenvalue weighted by Crippen LogP contribution is -2.32. The molecule has 0 spiro atoms. The average molecular weight is 348 g/mol. The molecule has 0 aliphatic rings. The second-order valence-electron chi connectivity index (χ2n) is 5.18. The average Bonchev–Trinajstić information content (AvgIpc) is 2.57. The van der Waals surface area contributed by atoms with Gasteiger partial charge in [0.1, 0.15) is 11.4 Å². The molecule has 2 rings (SSSR count). The number of amides is 1. The number of hydrazone groups is 1. The number of para-hydroxylation sites is 1. The van der Waals surface area contributed by atoms with Gasteiger partial charge in [0.05, 0.1) is 11.9 Å². The van der Waals surface area contributed by atoms with E-state index in [9.17, 15) is 23.9 Å². The highest BCUT2D eigenvalue weighted by atomic mass is 19.1. The van der Waals surface area contributed by atoms with Crippen LogP contribution in [-0.2, 0) is 4.79 Å². The first kappa shape index (κ1) is 18.1. The molecule has 9 heteroatoms. The fourth-order valence-electron chi connectivity index (χ4n) is 2.07. The molecule has 1 aromatic carbocycles. The van der Waals surface area contributed by atoms with E-state index < -0.39 is 28.5 Å². The number of carbonyl (C=O) groups excluding carboxylic acids is 1. The van der Waals surface area contributed by atoms with Gasteiger partial charge >= 0.3 is 5.69 Å². The molecule has 0 atom stereocenters. The van der Waals surface area contributed by atoms with Crippen LogP contribution >= 0.6 is 0 Å². The van der Waals surface area contributed by atoms with Crippen molar-refractivity contribution in [2.45, 2.75) is 26.2 Å². The van der Waals surface area contributed by atoms with E-state index in [-0.39, 0.29) is 18.0 Å². The third-order valence-corrected chi connectivity index (χ3v) is 3.35. The van der Waals surface area contributed by atoms with Crippen LogP contribution in [-0.4, -0.2) is 26.8 Å². The molecule has 1 heterocycles. The Morgan fingerprint density at radius 2 is 2.12 bits per heavy atom. The summed E-state index contributed by atoms with van der Waals surface area (Å²) in [6.07, 6.45) is 2.69. The number of hydrogen-bond donors (Lipinski definition) is 3. The van der Waals surface area contributed by atoms with E-state index in [0.717, 1.165) is 18.7 Å². The summed E-state index contributed by atoms with van der Waals surface area (Å²) >= 11 is 0. The van der Waals surface area contributed by atoms with Gasteiger partial charge in [0.25, 0.3) is 5.56 Å². The molecule has 1 aromatic heterocycles. The van der Waals surface area contributed by atoms with Crippen molar-refractivity contribution in [3.05, 3.63) is 56.5 Å². The third-order valence-electron chi connectivity index (χ3n) is 3.35. The van der Waals surface area contributed by atoms with E-state index in [0.29, 0.717) is 11.0 Å². The number of aromatic amines is 1. The van der Waals surface area contributed by atoms with Crippen molar-refractivity contribution >= 4 is 12.1 Å². The Bertz CT molecular complexity index is 917. The predicted octanol–water partition coefficient (Wildman–Crippen LogP) is 1.01. The van der Waals surface area contributed by atoms with Crippen molar-refractivity contribution in [2.75, 3.05) is 0 Å². The molecule has 0 saturated heterocycles. The number of nitrogens with one attached hydrogen (secondary N) is 2. The summed E-state index contributed by atoms with van der Waals surface area (Å²) in [6.45, 7) is 1.93. The minimum absolute atomic E-state index is 0.233. The van der Waals surface area contributed by atoms with Gasteiger partial charge in [-0.25, -0.2) is 19.2 Å². The summed E-state index contributed by atoms with van der Waals surface area (Å²) in [5, 5.41) is 13.8. The summed E-state index contributed by atoms with van der Waals surface area (Å²) < 4.78 is 14.5. The molecule has 8 nitrogen and oxygen atoms in total. The smallest absolute Gasteiger partial charge is 0.335 e. The van der Waals surface area contributed by atoms with E-state index >= 15 is 0 Å². The van der Waals surface area contributed by atoms with Gasteiger partial charge in [-0.05, 0) is 18.6 Å². The second-order valence-corrected chi connectivity index (χ2v) is 5.18. The molecule has 2 aromatic rings. The number of halogens is 1. The SMILES string of the molecule is CCCCC(=O)NN=Cc1c(O)n(-c2ccccc2F)c(=O)[nH]c1=O. The maximum atomic E-state index is 13.9. The van der Waals surface area contributed by atoms with Crippen LogP contribution in [0.3, 0.4) is 0 Å². The standard InChI is InChI=1S/C16H17FN4O4/c1-2-3-8-13(22)20-18-9-10-14(23)19-16(25)21(15(10)24)12-7-5-4-6-11(12)17/h4-7,9,24H,2-3,8H2,1H3,(H,20,22)(H,19,23,25). The lowest BCUT2D eigenvalue weighted by molar-refractivity contribution is -0.121. The fourth-order valence-corrected chi connectivity index (χ4v) is 2.07. The third kappa shape index (κ3) is 4.19. The summed E-state index contributed by atoms with van der Waals surface area (Å²) in [4.78, 5) is 37.2. The monoisotopic (exact) mass is 348 g/mol. The van der Waals surface area contributed by atoms with Gasteiger partial charge in [0, 0.05) is 6.42 Å². The van der Waals surface area contributed by atoms with Gasteiger partial charge in [0.15, 0.2) is 0 Å². The highest BCUT2D eigenvalue weighted by molar-refractivity contribution is 5.84. The molecule has 0 aliphatic carbocycles. The van der Waals surface area contributed by atoms with Crippen LogP contribution in [0.25, 0.3) is 5.69 Å². The maximum absolute atomic E-state index is 13.9. The molecule has 0 radical (unpaired) electrons. The Morgan fingerprint density at radius 3 is 2.80 bits per heavy atom. The van der Waals surface area contributed by atoms with Crippen LogP contribution in [0.2, 0.25) is 0 Å². The zero-order chi connectivity index (χ0) is 18.4. The number of aromatic nitrogens is 2. The summed E-state index contributed by atoms with van der Waals surface area (Å²) in [7, 11) is 0. The molecule has 132 valence electrons. The second kappa shape index (κ2) is 8.04. The van der Waals surface area contributed by atoms with Gasteiger partial charge in [-0.15, -0.1) is 0 Å². The first-order chi connectivity index (χ1) is 12.0. The number of hydrogen-bond acceptors (Lipinski definition) is 5. The van der Waals surface area contributed by atoms with E-state index in [1.54, 1.807) is 0 Å². The molecule has 0 bridgehead atoms. The largest absolute Gasteiger partial charge is 0.493 e. The number of aromatic hydroxyl groups is 1. The minimum Gasteiger partial charge on any atom is -0.493 e. The highest BCUT2D eigenvalue weighted by Gasteiger charge is 2.16. The Kier molecular flexibility index (Phi) is 5.83. The molecule has 0 fully saturated rings. The van der Waals surface area contributed by atoms with Crippen LogP contribution < -0.4 is 16.7 Å². The van der Waals surface area contributed by atoms with Crippen molar-refractivity contribution in [1.29, 1.82) is 0 Å². The van der Waals surface area contributed by atoms with Gasteiger partial charge in [-0.3, -0.25) is 14.6 Å². The van der Waals surface area contributed by atoms with Crippen molar-refractivity contribution in [3.8, 4) is 11.6 Å². The Morgan fingerprint density at radius 1 is 1.40 bits per heavy atom. The van der Waals surface area contributed by atoms with Crippen LogP contribution in [0, 0.1) is 5.82 Å². The maximum Gasteiger partial charge on any atom is 0.335 e. The number of H-pyrrole nitrogens is 1. The zero-order valence-corrected chi connectivity index (χ0v) is 13.5. The number of nitrogens with zero attached hydrogens (tertiary/aromatic N) is 2. The van der Waals surface area contributed by atoms with E-state index in [4.69, 9.17) is 0 Å². The van der Waals surface area contributed by atoms with Crippen molar-refractivity contribution in [2.24, 2.45) is 5.10 Å². The molecular weight excluding hydrogens is 331 g/mol. The lowest BCUT2D eigenvalue weighted by atomic mass is 10.2. The quantitative estimate of drug-likeness (QED) is 0.533. The fraction of sp³-hybridized carbons (Fsp3) is 0.250. The lowest BCUT2D eigenvalue weighted by Gasteiger charge is -2.10. The zero-order valence-electron chi connectivity index (χ0n) is 13.5. The first-order valence-corrected chi connectivity index (χ1v) is 7.60. The number of benzene rings is 1. The van der Waals surface area contributed by atoms with E-state index in [1.165, 1.54) is 18.2 Å². The van der Waals surface area contributed by atoms with Gasteiger partial charge < -0.3 is 5.11 Å². The first-order valence-electron chi connectivity index (χ1n) is 7.60. The number of carbonyl (C=O) groups is 1. The summed E-state index contributed by atoms with van der Waals surface area (Å²) in [5.41, 5.74) is -0.331. The highest BCUT2D eigenvalue weighted by Crippen LogP contribution is 2.17. The van der Waals surface area contributed by atoms with Gasteiger partial charge in [0.2, 0.25) is 11.8 Å². The van der Waals surface area contributed by atoms with Crippen LogP contribution in [0.5, 0.6) is 5.88 Å².